The van der Waals surface area contributed by atoms with Crippen LogP contribution in [0.1, 0.15) is 38.5 Å². The molecule has 1 heterocycles. The maximum absolute atomic E-state index is 12.8. The van der Waals surface area contributed by atoms with Gasteiger partial charge >= 0.3 is 0 Å². The van der Waals surface area contributed by atoms with Crippen molar-refractivity contribution < 1.29 is 14.3 Å². The zero-order chi connectivity index (χ0) is 16.4. The maximum atomic E-state index is 12.8. The summed E-state index contributed by atoms with van der Waals surface area (Å²) in [5.74, 6) is 2.04. The van der Waals surface area contributed by atoms with Crippen molar-refractivity contribution in [3.63, 3.8) is 0 Å². The van der Waals surface area contributed by atoms with E-state index in [0.717, 1.165) is 19.4 Å². The van der Waals surface area contributed by atoms with Gasteiger partial charge in [-0.25, -0.2) is 0 Å². The van der Waals surface area contributed by atoms with Crippen molar-refractivity contribution in [1.82, 2.24) is 9.80 Å². The lowest BCUT2D eigenvalue weighted by Gasteiger charge is -2.34. The Morgan fingerprint density at radius 3 is 2.48 bits per heavy atom. The van der Waals surface area contributed by atoms with Crippen LogP contribution in [0.15, 0.2) is 0 Å². The molecule has 2 aliphatic carbocycles. The van der Waals surface area contributed by atoms with Gasteiger partial charge in [-0.1, -0.05) is 12.8 Å². The van der Waals surface area contributed by atoms with Gasteiger partial charge in [0.2, 0.25) is 11.8 Å². The molecule has 5 heteroatoms. The Morgan fingerprint density at radius 2 is 1.83 bits per heavy atom. The van der Waals surface area contributed by atoms with E-state index in [1.54, 1.807) is 12.0 Å². The summed E-state index contributed by atoms with van der Waals surface area (Å²) < 4.78 is 5.04. The summed E-state index contributed by atoms with van der Waals surface area (Å²) in [6.45, 7) is 2.63. The molecule has 2 amide bonds. The second-order valence-corrected chi connectivity index (χ2v) is 7.51. The van der Waals surface area contributed by atoms with Gasteiger partial charge in [-0.3, -0.25) is 9.59 Å². The molecule has 3 fully saturated rings. The van der Waals surface area contributed by atoms with Crippen molar-refractivity contribution in [1.29, 1.82) is 0 Å². The highest BCUT2D eigenvalue weighted by Gasteiger charge is 2.56. The number of fused-ring (bicyclic) bond motifs is 1. The zero-order valence-electron chi connectivity index (χ0n) is 14.5. The number of rotatable bonds is 5. The molecule has 0 spiro atoms. The number of piperidine rings is 1. The van der Waals surface area contributed by atoms with Gasteiger partial charge in [0.15, 0.2) is 0 Å². The lowest BCUT2D eigenvalue weighted by Crippen LogP contribution is -2.47. The molecule has 0 N–H and O–H groups in total. The van der Waals surface area contributed by atoms with Gasteiger partial charge in [-0.05, 0) is 37.5 Å². The van der Waals surface area contributed by atoms with Crippen LogP contribution in [0.2, 0.25) is 0 Å². The molecular formula is C18H30N2O3. The van der Waals surface area contributed by atoms with E-state index in [1.807, 2.05) is 11.9 Å². The third-order valence-corrected chi connectivity index (χ3v) is 6.03. The summed E-state index contributed by atoms with van der Waals surface area (Å²) in [6, 6.07) is 0. The molecule has 0 unspecified atom stereocenters. The summed E-state index contributed by atoms with van der Waals surface area (Å²) in [5, 5.41) is 0. The standard InChI is InChI=1S/C18H30N2O3/c1-19(10-11-23-2)17(21)13-6-5-9-20(12-13)18(22)16-14-7-3-4-8-15(14)16/h13-16H,3-12H2,1-2H3/t13-,14-,15-/m1/s1. The van der Waals surface area contributed by atoms with E-state index in [2.05, 4.69) is 0 Å². The Hall–Kier alpha value is -1.10. The summed E-state index contributed by atoms with van der Waals surface area (Å²) in [4.78, 5) is 29.1. The van der Waals surface area contributed by atoms with Crippen LogP contribution < -0.4 is 0 Å². The molecule has 0 aromatic carbocycles. The van der Waals surface area contributed by atoms with Gasteiger partial charge < -0.3 is 14.5 Å². The first-order chi connectivity index (χ1) is 11.1. The van der Waals surface area contributed by atoms with Crippen molar-refractivity contribution >= 4 is 11.8 Å². The lowest BCUT2D eigenvalue weighted by molar-refractivity contribution is -0.141. The third-order valence-electron chi connectivity index (χ3n) is 6.03. The molecule has 2 saturated carbocycles. The highest BCUT2D eigenvalue weighted by atomic mass is 16.5. The van der Waals surface area contributed by atoms with E-state index in [1.165, 1.54) is 25.7 Å². The van der Waals surface area contributed by atoms with Crippen LogP contribution in [-0.2, 0) is 14.3 Å². The average molecular weight is 322 g/mol. The molecular weight excluding hydrogens is 292 g/mol. The average Bonchev–Trinajstić information content (AvgIpc) is 3.32. The summed E-state index contributed by atoms with van der Waals surface area (Å²) in [6.07, 6.45) is 6.89. The number of carbonyl (C=O) groups is 2. The highest BCUT2D eigenvalue weighted by Crippen LogP contribution is 2.56. The Kier molecular flexibility index (Phi) is 5.24. The Morgan fingerprint density at radius 1 is 1.13 bits per heavy atom. The number of nitrogens with zero attached hydrogens (tertiary/aromatic N) is 2. The predicted molar refractivity (Wildman–Crippen MR) is 87.8 cm³/mol. The molecule has 0 aromatic rings. The van der Waals surface area contributed by atoms with Crippen molar-refractivity contribution in [2.45, 2.75) is 38.5 Å². The van der Waals surface area contributed by atoms with E-state index < -0.39 is 0 Å². The fourth-order valence-corrected chi connectivity index (χ4v) is 4.60. The number of hydrogen-bond donors (Lipinski definition) is 0. The first-order valence-corrected chi connectivity index (χ1v) is 9.16. The molecule has 3 atom stereocenters. The molecule has 0 radical (unpaired) electrons. The number of ether oxygens (including phenoxy) is 1. The smallest absolute Gasteiger partial charge is 0.227 e. The molecule has 0 bridgehead atoms. The molecule has 3 aliphatic rings. The minimum Gasteiger partial charge on any atom is -0.383 e. The van der Waals surface area contributed by atoms with Crippen molar-refractivity contribution in [2.24, 2.45) is 23.7 Å². The van der Waals surface area contributed by atoms with Gasteiger partial charge in [0.1, 0.15) is 0 Å². The first-order valence-electron chi connectivity index (χ1n) is 9.16. The van der Waals surface area contributed by atoms with E-state index in [9.17, 15) is 9.59 Å². The van der Waals surface area contributed by atoms with Gasteiger partial charge in [-0.2, -0.15) is 0 Å². The van der Waals surface area contributed by atoms with Crippen molar-refractivity contribution in [3.8, 4) is 0 Å². The minimum absolute atomic E-state index is 0.0321. The van der Waals surface area contributed by atoms with Crippen LogP contribution in [0.25, 0.3) is 0 Å². The number of methoxy groups -OCH3 is 1. The van der Waals surface area contributed by atoms with Crippen LogP contribution in [-0.4, -0.2) is 62.0 Å². The second kappa shape index (κ2) is 7.20. The molecule has 0 aromatic heterocycles. The Balaban J connectivity index is 1.53. The maximum Gasteiger partial charge on any atom is 0.227 e. The SMILES string of the molecule is COCCN(C)C(=O)[C@@H]1CCCN(C(=O)C2[C@@H]3CCCC[C@@H]23)C1. The number of likely N-dealkylation sites (N-methyl/N-ethyl adjacent to an activating group) is 1. The topological polar surface area (TPSA) is 49.9 Å². The molecule has 1 saturated heterocycles. The third kappa shape index (κ3) is 3.54. The van der Waals surface area contributed by atoms with Crippen LogP contribution >= 0.6 is 0 Å². The van der Waals surface area contributed by atoms with Gasteiger partial charge in [-0.15, -0.1) is 0 Å². The second-order valence-electron chi connectivity index (χ2n) is 7.51. The fourth-order valence-electron chi connectivity index (χ4n) is 4.60. The molecule has 23 heavy (non-hydrogen) atoms. The number of likely N-dealkylation sites (tertiary alicyclic amines) is 1. The van der Waals surface area contributed by atoms with Gasteiger partial charge in [0.25, 0.3) is 0 Å². The molecule has 5 nitrogen and oxygen atoms in total. The van der Waals surface area contributed by atoms with Crippen molar-refractivity contribution in [3.05, 3.63) is 0 Å². The van der Waals surface area contributed by atoms with Gasteiger partial charge in [0, 0.05) is 39.7 Å². The van der Waals surface area contributed by atoms with E-state index in [0.29, 0.717) is 37.4 Å². The quantitative estimate of drug-likeness (QED) is 0.775. The van der Waals surface area contributed by atoms with Crippen LogP contribution in [0.3, 0.4) is 0 Å². The molecule has 130 valence electrons. The van der Waals surface area contributed by atoms with Crippen LogP contribution in [0.4, 0.5) is 0 Å². The highest BCUT2D eigenvalue weighted by molar-refractivity contribution is 5.84. The summed E-state index contributed by atoms with van der Waals surface area (Å²) in [7, 11) is 3.48. The summed E-state index contributed by atoms with van der Waals surface area (Å²) in [5.41, 5.74) is 0. The Labute approximate surface area is 139 Å². The van der Waals surface area contributed by atoms with Crippen molar-refractivity contribution in [2.75, 3.05) is 40.4 Å². The molecule has 1 aliphatic heterocycles. The predicted octanol–water partition coefficient (Wildman–Crippen LogP) is 1.77. The normalized spacial score (nSPS) is 33.0. The van der Waals surface area contributed by atoms with Crippen LogP contribution in [0.5, 0.6) is 0 Å². The zero-order valence-corrected chi connectivity index (χ0v) is 14.5. The lowest BCUT2D eigenvalue weighted by atomic mass is 9.96. The molecule has 3 rings (SSSR count). The fraction of sp³-hybridized carbons (Fsp3) is 0.889. The first kappa shape index (κ1) is 16.7. The number of amides is 2. The van der Waals surface area contributed by atoms with E-state index >= 15 is 0 Å². The Bertz CT molecular complexity index is 442. The van der Waals surface area contributed by atoms with Gasteiger partial charge in [0.05, 0.1) is 12.5 Å². The van der Waals surface area contributed by atoms with Crippen LogP contribution in [0, 0.1) is 23.7 Å². The van der Waals surface area contributed by atoms with E-state index in [-0.39, 0.29) is 17.7 Å². The largest absolute Gasteiger partial charge is 0.383 e. The monoisotopic (exact) mass is 322 g/mol. The van der Waals surface area contributed by atoms with E-state index in [4.69, 9.17) is 4.74 Å². The minimum atomic E-state index is -0.0321. The number of hydrogen-bond acceptors (Lipinski definition) is 3. The summed E-state index contributed by atoms with van der Waals surface area (Å²) >= 11 is 0. The number of carbonyl (C=O) groups excluding carboxylic acids is 2.